The molecule has 4 aromatic carbocycles. The van der Waals surface area contributed by atoms with Gasteiger partial charge in [-0.05, 0) is 59.7 Å². The number of rotatable bonds is 12. The number of esters is 2. The second-order valence-electron chi connectivity index (χ2n) is 10.1. The quantitative estimate of drug-likeness (QED) is 0.195. The van der Waals surface area contributed by atoms with Gasteiger partial charge in [-0.1, -0.05) is 60.7 Å². The molecule has 0 bridgehead atoms. The van der Waals surface area contributed by atoms with Crippen LogP contribution < -0.4 is 9.47 Å². The molecule has 0 radical (unpaired) electrons. The van der Waals surface area contributed by atoms with Gasteiger partial charge in [0.15, 0.2) is 0 Å². The van der Waals surface area contributed by atoms with Gasteiger partial charge < -0.3 is 29.2 Å². The molecule has 5 rings (SSSR count). The SMILES string of the molecule is O=C(O)C1C(C(=O)OCc2ccc(Oc3ccccc3)cc2)C(C(=O)O)C1C(=O)OCc1ccc(Oc2ccccc2)cc1. The first-order valence-corrected chi connectivity index (χ1v) is 13.7. The molecular formula is C34H28O10. The van der Waals surface area contributed by atoms with E-state index in [2.05, 4.69) is 0 Å². The van der Waals surface area contributed by atoms with Gasteiger partial charge in [0.25, 0.3) is 0 Å². The second-order valence-corrected chi connectivity index (χ2v) is 10.1. The Morgan fingerprint density at radius 2 is 0.773 bits per heavy atom. The Balaban J connectivity index is 1.17. The van der Waals surface area contributed by atoms with Crippen LogP contribution in [0.2, 0.25) is 0 Å². The first kappa shape index (κ1) is 29.8. The van der Waals surface area contributed by atoms with Crippen LogP contribution in [0.5, 0.6) is 23.0 Å². The Labute approximate surface area is 252 Å². The summed E-state index contributed by atoms with van der Waals surface area (Å²) in [4.78, 5) is 50.0. The van der Waals surface area contributed by atoms with Gasteiger partial charge >= 0.3 is 23.9 Å². The van der Waals surface area contributed by atoms with Crippen molar-refractivity contribution in [3.63, 3.8) is 0 Å². The second kappa shape index (κ2) is 13.6. The van der Waals surface area contributed by atoms with Gasteiger partial charge in [0.1, 0.15) is 36.2 Å². The number of carbonyl (C=O) groups excluding carboxylic acids is 2. The molecule has 1 saturated carbocycles. The maximum absolute atomic E-state index is 12.9. The van der Waals surface area contributed by atoms with Crippen molar-refractivity contribution in [3.8, 4) is 23.0 Å². The summed E-state index contributed by atoms with van der Waals surface area (Å²) >= 11 is 0. The minimum absolute atomic E-state index is 0.223. The van der Waals surface area contributed by atoms with E-state index in [0.717, 1.165) is 0 Å². The molecular weight excluding hydrogens is 568 g/mol. The summed E-state index contributed by atoms with van der Waals surface area (Å²) in [5, 5.41) is 19.6. The number of ether oxygens (including phenoxy) is 4. The van der Waals surface area contributed by atoms with Gasteiger partial charge in [-0.15, -0.1) is 0 Å². The minimum Gasteiger partial charge on any atom is -0.481 e. The first-order valence-electron chi connectivity index (χ1n) is 13.7. The van der Waals surface area contributed by atoms with E-state index >= 15 is 0 Å². The molecule has 0 heterocycles. The highest BCUT2D eigenvalue weighted by molar-refractivity contribution is 5.96. The molecule has 0 aromatic heterocycles. The van der Waals surface area contributed by atoms with Crippen molar-refractivity contribution in [2.45, 2.75) is 13.2 Å². The number of hydrogen-bond donors (Lipinski definition) is 2. The van der Waals surface area contributed by atoms with Crippen molar-refractivity contribution in [1.29, 1.82) is 0 Å². The zero-order valence-corrected chi connectivity index (χ0v) is 23.3. The number of carboxylic acids is 2. The average Bonchev–Trinajstić information content (AvgIpc) is 3.00. The van der Waals surface area contributed by atoms with Gasteiger partial charge in [-0.2, -0.15) is 0 Å². The number of hydrogen-bond acceptors (Lipinski definition) is 8. The summed E-state index contributed by atoms with van der Waals surface area (Å²) in [5.74, 6) is -8.95. The largest absolute Gasteiger partial charge is 0.481 e. The maximum atomic E-state index is 12.9. The molecule has 0 amide bonds. The van der Waals surface area contributed by atoms with Crippen molar-refractivity contribution < 1.29 is 48.3 Å². The summed E-state index contributed by atoms with van der Waals surface area (Å²) in [7, 11) is 0. The zero-order valence-electron chi connectivity index (χ0n) is 23.3. The van der Waals surface area contributed by atoms with Crippen molar-refractivity contribution >= 4 is 23.9 Å². The summed E-state index contributed by atoms with van der Waals surface area (Å²) < 4.78 is 22.0. The third kappa shape index (κ3) is 7.04. The van der Waals surface area contributed by atoms with Gasteiger partial charge in [-0.3, -0.25) is 19.2 Å². The molecule has 10 heteroatoms. The van der Waals surface area contributed by atoms with E-state index in [1.807, 2.05) is 36.4 Å². The molecule has 10 nitrogen and oxygen atoms in total. The van der Waals surface area contributed by atoms with Gasteiger partial charge in [0.2, 0.25) is 0 Å². The van der Waals surface area contributed by atoms with Crippen LogP contribution in [0.3, 0.4) is 0 Å². The third-order valence-corrected chi connectivity index (χ3v) is 7.23. The molecule has 0 atom stereocenters. The fraction of sp³-hybridized carbons (Fsp3) is 0.176. The summed E-state index contributed by atoms with van der Waals surface area (Å²) in [6.07, 6.45) is 0. The van der Waals surface area contributed by atoms with Gasteiger partial charge in [0.05, 0.1) is 23.7 Å². The van der Waals surface area contributed by atoms with Crippen molar-refractivity contribution in [1.82, 2.24) is 0 Å². The number of carbonyl (C=O) groups is 4. The summed E-state index contributed by atoms with van der Waals surface area (Å²) in [6.45, 7) is -0.447. The van der Waals surface area contributed by atoms with Crippen LogP contribution in [0, 0.1) is 23.7 Å². The minimum atomic E-state index is -1.61. The maximum Gasteiger partial charge on any atom is 0.311 e. The number of benzene rings is 4. The van der Waals surface area contributed by atoms with Crippen molar-refractivity contribution in [2.75, 3.05) is 0 Å². The molecule has 4 aromatic rings. The first-order chi connectivity index (χ1) is 21.3. The average molecular weight is 597 g/mol. The molecule has 2 N–H and O–H groups in total. The Morgan fingerprint density at radius 3 is 1.09 bits per heavy atom. The Kier molecular flexibility index (Phi) is 9.19. The number of aliphatic carboxylic acids is 2. The van der Waals surface area contributed by atoms with E-state index in [1.165, 1.54) is 0 Å². The molecule has 44 heavy (non-hydrogen) atoms. The molecule has 0 unspecified atom stereocenters. The summed E-state index contributed by atoms with van der Waals surface area (Å²) in [5.41, 5.74) is 1.15. The van der Waals surface area contributed by atoms with Crippen LogP contribution in [0.15, 0.2) is 109 Å². The number of para-hydroxylation sites is 2. The normalized spacial score (nSPS) is 18.7. The van der Waals surface area contributed by atoms with E-state index in [0.29, 0.717) is 34.1 Å². The number of carboxylic acid groups (broad SMARTS) is 2. The van der Waals surface area contributed by atoms with E-state index < -0.39 is 47.5 Å². The predicted octanol–water partition coefficient (Wildman–Crippen LogP) is 5.71. The highest BCUT2D eigenvalue weighted by Gasteiger charge is 2.65. The molecule has 0 aliphatic heterocycles. The van der Waals surface area contributed by atoms with E-state index in [-0.39, 0.29) is 13.2 Å². The Bertz CT molecular complexity index is 1470. The standard InChI is InChI=1S/C34H28O10/c35-31(36)27-29(33(39)41-19-21-11-15-25(16-12-21)43-23-7-3-1-4-8-23)28(32(37)38)30(27)34(40)42-20-22-13-17-26(18-14-22)44-24-9-5-2-6-10-24/h1-18,27-30H,19-20H2,(H,35,36)(H,37,38). The van der Waals surface area contributed by atoms with Gasteiger partial charge in [-0.25, -0.2) is 0 Å². The molecule has 1 aliphatic rings. The van der Waals surface area contributed by atoms with Gasteiger partial charge in [0, 0.05) is 0 Å². The zero-order chi connectivity index (χ0) is 31.1. The van der Waals surface area contributed by atoms with Crippen LogP contribution in [0.1, 0.15) is 11.1 Å². The lowest BCUT2D eigenvalue weighted by molar-refractivity contribution is -0.197. The summed E-state index contributed by atoms with van der Waals surface area (Å²) in [6, 6.07) is 31.6. The Morgan fingerprint density at radius 1 is 0.455 bits per heavy atom. The lowest BCUT2D eigenvalue weighted by Gasteiger charge is -2.43. The van der Waals surface area contributed by atoms with Crippen LogP contribution in [-0.4, -0.2) is 34.1 Å². The van der Waals surface area contributed by atoms with Crippen LogP contribution in [-0.2, 0) is 41.9 Å². The smallest absolute Gasteiger partial charge is 0.311 e. The molecule has 1 fully saturated rings. The monoisotopic (exact) mass is 596 g/mol. The molecule has 224 valence electrons. The highest BCUT2D eigenvalue weighted by Crippen LogP contribution is 2.48. The van der Waals surface area contributed by atoms with E-state index in [1.54, 1.807) is 72.8 Å². The lowest BCUT2D eigenvalue weighted by Crippen LogP contribution is -2.60. The topological polar surface area (TPSA) is 146 Å². The van der Waals surface area contributed by atoms with E-state index in [9.17, 15) is 29.4 Å². The van der Waals surface area contributed by atoms with Crippen LogP contribution >= 0.6 is 0 Å². The fourth-order valence-electron chi connectivity index (χ4n) is 5.01. The molecule has 0 saturated heterocycles. The van der Waals surface area contributed by atoms with Crippen LogP contribution in [0.25, 0.3) is 0 Å². The van der Waals surface area contributed by atoms with Crippen molar-refractivity contribution in [2.24, 2.45) is 23.7 Å². The fourth-order valence-corrected chi connectivity index (χ4v) is 5.01. The molecule has 1 aliphatic carbocycles. The Hall–Kier alpha value is -5.64. The molecule has 0 spiro atoms. The predicted molar refractivity (Wildman–Crippen MR) is 155 cm³/mol. The van der Waals surface area contributed by atoms with Crippen molar-refractivity contribution in [3.05, 3.63) is 120 Å². The lowest BCUT2D eigenvalue weighted by atomic mass is 9.56. The van der Waals surface area contributed by atoms with Crippen LogP contribution in [0.4, 0.5) is 0 Å². The third-order valence-electron chi connectivity index (χ3n) is 7.23. The highest BCUT2D eigenvalue weighted by atomic mass is 16.5. The van der Waals surface area contributed by atoms with E-state index in [4.69, 9.17) is 18.9 Å².